The summed E-state index contributed by atoms with van der Waals surface area (Å²) >= 11 is 1.09. The Kier molecular flexibility index (Phi) is 3.95. The molecule has 1 aliphatic heterocycles. The van der Waals surface area contributed by atoms with E-state index in [-0.39, 0.29) is 16.7 Å². The van der Waals surface area contributed by atoms with Crippen LogP contribution in [-0.4, -0.2) is 24.1 Å². The van der Waals surface area contributed by atoms with Crippen molar-refractivity contribution in [3.8, 4) is 0 Å². The van der Waals surface area contributed by atoms with Crippen LogP contribution in [0.3, 0.4) is 0 Å². The van der Waals surface area contributed by atoms with Crippen molar-refractivity contribution in [2.45, 2.75) is 25.7 Å². The Balaban J connectivity index is 1.87. The molecule has 0 aliphatic carbocycles. The molecule has 2 heterocycles. The SMILES string of the molecule is O=c1sc2ccccc2c(=O)n1CCC1OCCCO1. The van der Waals surface area contributed by atoms with Gasteiger partial charge in [-0.3, -0.25) is 14.2 Å². The Morgan fingerprint density at radius 3 is 2.75 bits per heavy atom. The highest BCUT2D eigenvalue weighted by Crippen LogP contribution is 2.12. The van der Waals surface area contributed by atoms with Gasteiger partial charge in [0.05, 0.1) is 18.6 Å². The van der Waals surface area contributed by atoms with E-state index in [0.29, 0.717) is 31.6 Å². The van der Waals surface area contributed by atoms with Crippen LogP contribution in [0.25, 0.3) is 10.1 Å². The lowest BCUT2D eigenvalue weighted by Gasteiger charge is -2.23. The van der Waals surface area contributed by atoms with E-state index < -0.39 is 0 Å². The molecule has 0 unspecified atom stereocenters. The first-order chi connectivity index (χ1) is 9.75. The van der Waals surface area contributed by atoms with Gasteiger partial charge in [-0.05, 0) is 18.6 Å². The van der Waals surface area contributed by atoms with Crippen LogP contribution in [0.5, 0.6) is 0 Å². The van der Waals surface area contributed by atoms with E-state index in [1.807, 2.05) is 6.07 Å². The summed E-state index contributed by atoms with van der Waals surface area (Å²) in [6, 6.07) is 7.17. The summed E-state index contributed by atoms with van der Waals surface area (Å²) in [6.45, 7) is 1.66. The number of benzene rings is 1. The highest BCUT2D eigenvalue weighted by Gasteiger charge is 2.15. The summed E-state index contributed by atoms with van der Waals surface area (Å²) in [5, 5.41) is 0.586. The lowest BCUT2D eigenvalue weighted by Crippen LogP contribution is -2.34. The summed E-state index contributed by atoms with van der Waals surface area (Å²) in [5.74, 6) is 0. The third-order valence-corrected chi connectivity index (χ3v) is 4.24. The second-order valence-electron chi connectivity index (χ2n) is 4.63. The summed E-state index contributed by atoms with van der Waals surface area (Å²) < 4.78 is 12.9. The van der Waals surface area contributed by atoms with E-state index in [1.54, 1.807) is 18.2 Å². The summed E-state index contributed by atoms with van der Waals surface area (Å²) in [4.78, 5) is 24.1. The van der Waals surface area contributed by atoms with Gasteiger partial charge in [0, 0.05) is 17.7 Å². The Labute approximate surface area is 119 Å². The maximum Gasteiger partial charge on any atom is 0.310 e. The number of fused-ring (bicyclic) bond motifs is 1. The Morgan fingerprint density at radius 2 is 1.95 bits per heavy atom. The van der Waals surface area contributed by atoms with Gasteiger partial charge in [-0.1, -0.05) is 23.5 Å². The van der Waals surface area contributed by atoms with Crippen molar-refractivity contribution in [2.75, 3.05) is 13.2 Å². The number of nitrogens with zero attached hydrogens (tertiary/aromatic N) is 1. The second-order valence-corrected chi connectivity index (χ2v) is 5.63. The monoisotopic (exact) mass is 293 g/mol. The van der Waals surface area contributed by atoms with E-state index in [1.165, 1.54) is 4.57 Å². The fourth-order valence-corrected chi connectivity index (χ4v) is 3.12. The van der Waals surface area contributed by atoms with Crippen LogP contribution in [0.15, 0.2) is 33.9 Å². The maximum atomic E-state index is 12.3. The standard InChI is InChI=1S/C14H15NO4S/c16-13-10-4-1-2-5-11(10)20-14(17)15(13)7-6-12-18-8-3-9-19-12/h1-2,4-5,12H,3,6-9H2. The van der Waals surface area contributed by atoms with E-state index in [0.717, 1.165) is 22.5 Å². The summed E-state index contributed by atoms with van der Waals surface area (Å²) in [6.07, 6.45) is 1.09. The van der Waals surface area contributed by atoms with Crippen LogP contribution in [0, 0.1) is 0 Å². The Hall–Kier alpha value is -1.50. The molecule has 0 saturated carbocycles. The van der Waals surface area contributed by atoms with Gasteiger partial charge in [0.2, 0.25) is 0 Å². The van der Waals surface area contributed by atoms with Crippen LogP contribution < -0.4 is 10.4 Å². The first kappa shape index (κ1) is 13.5. The van der Waals surface area contributed by atoms with Crippen molar-refractivity contribution in [3.63, 3.8) is 0 Å². The largest absolute Gasteiger partial charge is 0.353 e. The van der Waals surface area contributed by atoms with E-state index in [2.05, 4.69) is 0 Å². The number of rotatable bonds is 3. The van der Waals surface area contributed by atoms with Crippen molar-refractivity contribution < 1.29 is 9.47 Å². The zero-order valence-corrected chi connectivity index (χ0v) is 11.7. The molecule has 20 heavy (non-hydrogen) atoms. The van der Waals surface area contributed by atoms with Gasteiger partial charge in [-0.25, -0.2) is 0 Å². The number of aromatic nitrogens is 1. The summed E-state index contributed by atoms with van der Waals surface area (Å²) in [7, 11) is 0. The van der Waals surface area contributed by atoms with Crippen LogP contribution in [-0.2, 0) is 16.0 Å². The van der Waals surface area contributed by atoms with E-state index in [4.69, 9.17) is 9.47 Å². The number of hydrogen-bond donors (Lipinski definition) is 0. The van der Waals surface area contributed by atoms with Crippen molar-refractivity contribution in [2.24, 2.45) is 0 Å². The minimum atomic E-state index is -0.313. The van der Waals surface area contributed by atoms with Gasteiger partial charge >= 0.3 is 4.87 Å². The average molecular weight is 293 g/mol. The molecule has 1 aliphatic rings. The molecular weight excluding hydrogens is 278 g/mol. The first-order valence-electron chi connectivity index (χ1n) is 6.61. The molecule has 6 heteroatoms. The average Bonchev–Trinajstić information content (AvgIpc) is 2.48. The smallest absolute Gasteiger partial charge is 0.310 e. The molecule has 5 nitrogen and oxygen atoms in total. The number of ether oxygens (including phenoxy) is 2. The molecule has 0 atom stereocenters. The molecular formula is C14H15NO4S. The highest BCUT2D eigenvalue weighted by atomic mass is 32.1. The maximum absolute atomic E-state index is 12.3. The molecule has 0 spiro atoms. The molecule has 1 aromatic heterocycles. The van der Waals surface area contributed by atoms with Crippen molar-refractivity contribution in [1.82, 2.24) is 4.57 Å². The topological polar surface area (TPSA) is 57.5 Å². The van der Waals surface area contributed by atoms with E-state index >= 15 is 0 Å². The van der Waals surface area contributed by atoms with Gasteiger partial charge in [-0.15, -0.1) is 0 Å². The molecule has 3 rings (SSSR count). The molecule has 0 bridgehead atoms. The van der Waals surface area contributed by atoms with Gasteiger partial charge in [0.15, 0.2) is 6.29 Å². The fourth-order valence-electron chi connectivity index (χ4n) is 2.24. The van der Waals surface area contributed by atoms with Crippen molar-refractivity contribution >= 4 is 21.4 Å². The number of hydrogen-bond acceptors (Lipinski definition) is 5. The quantitative estimate of drug-likeness (QED) is 0.862. The first-order valence-corrected chi connectivity index (χ1v) is 7.43. The van der Waals surface area contributed by atoms with Crippen molar-refractivity contribution in [3.05, 3.63) is 44.3 Å². The minimum absolute atomic E-state index is 0.232. The highest BCUT2D eigenvalue weighted by molar-refractivity contribution is 7.16. The summed E-state index contributed by atoms with van der Waals surface area (Å²) in [5.41, 5.74) is -0.236. The van der Waals surface area contributed by atoms with Gasteiger partial charge in [0.1, 0.15) is 0 Å². The third kappa shape index (κ3) is 2.67. The third-order valence-electron chi connectivity index (χ3n) is 3.26. The van der Waals surface area contributed by atoms with Crippen molar-refractivity contribution in [1.29, 1.82) is 0 Å². The minimum Gasteiger partial charge on any atom is -0.353 e. The van der Waals surface area contributed by atoms with Gasteiger partial charge in [0.25, 0.3) is 5.56 Å². The lowest BCUT2D eigenvalue weighted by molar-refractivity contribution is -0.182. The zero-order chi connectivity index (χ0) is 13.9. The van der Waals surface area contributed by atoms with Crippen LogP contribution in [0.4, 0.5) is 0 Å². The molecule has 0 radical (unpaired) electrons. The Morgan fingerprint density at radius 1 is 1.20 bits per heavy atom. The predicted molar refractivity (Wildman–Crippen MR) is 77.3 cm³/mol. The predicted octanol–water partition coefficient (Wildman–Crippen LogP) is 1.58. The molecule has 1 saturated heterocycles. The van der Waals surface area contributed by atoms with Gasteiger partial charge < -0.3 is 9.47 Å². The molecule has 1 aromatic carbocycles. The molecule has 1 fully saturated rings. The molecule has 106 valence electrons. The molecule has 0 amide bonds. The lowest BCUT2D eigenvalue weighted by atomic mass is 10.3. The molecule has 2 aromatic rings. The fraction of sp³-hybridized carbons (Fsp3) is 0.429. The Bertz CT molecular complexity index is 715. The molecule has 0 N–H and O–H groups in total. The van der Waals surface area contributed by atoms with Crippen LogP contribution >= 0.6 is 11.3 Å². The van der Waals surface area contributed by atoms with Crippen LogP contribution in [0.1, 0.15) is 12.8 Å². The van der Waals surface area contributed by atoms with E-state index in [9.17, 15) is 9.59 Å². The van der Waals surface area contributed by atoms with Crippen LogP contribution in [0.2, 0.25) is 0 Å². The second kappa shape index (κ2) is 5.87. The zero-order valence-electron chi connectivity index (χ0n) is 10.9. The van der Waals surface area contributed by atoms with Gasteiger partial charge in [-0.2, -0.15) is 0 Å². The normalized spacial score (nSPS) is 16.6.